The Bertz CT molecular complexity index is 763. The first-order valence-corrected chi connectivity index (χ1v) is 9.08. The van der Waals surface area contributed by atoms with Crippen LogP contribution in [-0.4, -0.2) is 143 Å². The second-order valence-electron chi connectivity index (χ2n) is 7.26. The lowest BCUT2D eigenvalue weighted by Crippen LogP contribution is -2.66. The fourth-order valence-corrected chi connectivity index (χ4v) is 3.11. The number of guanidine groups is 1. The monoisotopic (exact) mass is 466 g/mol. The Morgan fingerprint density at radius 2 is 1.72 bits per heavy atom. The summed E-state index contributed by atoms with van der Waals surface area (Å²) in [7, 11) is 1.10. The van der Waals surface area contributed by atoms with Crippen LogP contribution in [0.25, 0.3) is 0 Å². The van der Waals surface area contributed by atoms with Crippen LogP contribution in [-0.2, 0) is 19.2 Å². The lowest BCUT2D eigenvalue weighted by Gasteiger charge is -2.43. The zero-order valence-corrected chi connectivity index (χ0v) is 16.8. The quantitative estimate of drug-likeness (QED) is 0.112. The van der Waals surface area contributed by atoms with E-state index >= 15 is 0 Å². The van der Waals surface area contributed by atoms with Crippen molar-refractivity contribution in [3.8, 4) is 0 Å². The molecule has 16 heteroatoms. The summed E-state index contributed by atoms with van der Waals surface area (Å²) in [5, 5.41) is 85.9. The van der Waals surface area contributed by atoms with Gasteiger partial charge in [-0.2, -0.15) is 0 Å². The van der Waals surface area contributed by atoms with E-state index in [0.717, 1.165) is 16.8 Å². The van der Waals surface area contributed by atoms with E-state index in [0.29, 0.717) is 0 Å². The van der Waals surface area contributed by atoms with E-state index in [4.69, 9.17) is 15.6 Å². The Balaban J connectivity index is 2.98. The van der Waals surface area contributed by atoms with Crippen LogP contribution in [0.3, 0.4) is 0 Å². The zero-order valence-electron chi connectivity index (χ0n) is 16.8. The smallest absolute Gasteiger partial charge is 0.339 e. The minimum Gasteiger partial charge on any atom is -0.481 e. The first-order valence-electron chi connectivity index (χ1n) is 9.08. The molecule has 1 fully saturated rings. The standard InChI is InChI=1S/C16H26N4O12/c1-19(4-8(23)20-3-7(22)11(27)10(26)6(20)5-21)15(17)18-12(13(28)29)16(32,14(30)31)2-9(24)25/h6-7,10-12,21-22,26-27,32H,2-5H2,1H3,(H2,17,18)(H,24,25)(H,28,29)(H,30,31)/t6-,7+,10-,11-,12?,16?/m1/s1. The first kappa shape index (κ1) is 27.0. The molecule has 0 aromatic rings. The molecule has 10 N–H and O–H groups in total. The maximum Gasteiger partial charge on any atom is 0.339 e. The fourth-order valence-electron chi connectivity index (χ4n) is 3.11. The molecule has 0 spiro atoms. The lowest BCUT2D eigenvalue weighted by atomic mass is 9.90. The molecular weight excluding hydrogens is 440 g/mol. The summed E-state index contributed by atoms with van der Waals surface area (Å²) >= 11 is 0. The average molecular weight is 466 g/mol. The van der Waals surface area contributed by atoms with Crippen molar-refractivity contribution in [3.63, 3.8) is 0 Å². The number of carbonyl (C=O) groups is 4. The number of hydrogen-bond donors (Lipinski definition) is 10. The number of nitrogens with zero attached hydrogens (tertiary/aromatic N) is 2. The number of carbonyl (C=O) groups excluding carboxylic acids is 1. The van der Waals surface area contributed by atoms with Crippen molar-refractivity contribution in [3.05, 3.63) is 0 Å². The van der Waals surface area contributed by atoms with Gasteiger partial charge in [-0.25, -0.2) is 9.59 Å². The summed E-state index contributed by atoms with van der Waals surface area (Å²) in [6, 6.07) is -3.77. The number of carboxylic acids is 3. The van der Waals surface area contributed by atoms with Crippen LogP contribution in [0.15, 0.2) is 0 Å². The summed E-state index contributed by atoms with van der Waals surface area (Å²) in [5.74, 6) is -7.73. The molecule has 6 atom stereocenters. The Hall–Kier alpha value is -3.05. The second kappa shape index (κ2) is 10.5. The highest BCUT2D eigenvalue weighted by Gasteiger charge is 2.51. The molecule has 1 rings (SSSR count). The maximum atomic E-state index is 12.6. The molecule has 0 bridgehead atoms. The number of piperidine rings is 1. The van der Waals surface area contributed by atoms with Crippen molar-refractivity contribution in [1.29, 1.82) is 5.41 Å². The lowest BCUT2D eigenvalue weighted by molar-refractivity contribution is -0.174. The largest absolute Gasteiger partial charge is 0.481 e. The van der Waals surface area contributed by atoms with E-state index in [2.05, 4.69) is 0 Å². The minimum atomic E-state index is -3.34. The molecule has 1 aliphatic rings. The van der Waals surface area contributed by atoms with Gasteiger partial charge in [0.15, 0.2) is 12.0 Å². The molecule has 2 unspecified atom stereocenters. The molecule has 0 aliphatic carbocycles. The number of amides is 1. The van der Waals surface area contributed by atoms with Gasteiger partial charge in [0.05, 0.1) is 25.6 Å². The van der Waals surface area contributed by atoms with Gasteiger partial charge in [-0.15, -0.1) is 0 Å². The van der Waals surface area contributed by atoms with E-state index in [1.165, 1.54) is 0 Å². The van der Waals surface area contributed by atoms with Crippen LogP contribution < -0.4 is 5.32 Å². The van der Waals surface area contributed by atoms with E-state index < -0.39 is 91.9 Å². The zero-order chi connectivity index (χ0) is 25.0. The highest BCUT2D eigenvalue weighted by atomic mass is 16.4. The van der Waals surface area contributed by atoms with Gasteiger partial charge in [0.1, 0.15) is 18.3 Å². The number of rotatable bonds is 9. The van der Waals surface area contributed by atoms with Crippen molar-refractivity contribution in [2.75, 3.05) is 26.7 Å². The van der Waals surface area contributed by atoms with Gasteiger partial charge in [0.25, 0.3) is 0 Å². The Morgan fingerprint density at radius 1 is 1.16 bits per heavy atom. The summed E-state index contributed by atoms with van der Waals surface area (Å²) in [6.45, 7) is -1.93. The predicted octanol–water partition coefficient (Wildman–Crippen LogP) is -5.53. The third kappa shape index (κ3) is 5.80. The van der Waals surface area contributed by atoms with Gasteiger partial charge in [-0.1, -0.05) is 0 Å². The van der Waals surface area contributed by atoms with Crippen LogP contribution in [0.2, 0.25) is 0 Å². The van der Waals surface area contributed by atoms with Crippen LogP contribution in [0.5, 0.6) is 0 Å². The number of nitrogens with one attached hydrogen (secondary N) is 2. The molecule has 16 nitrogen and oxygen atoms in total. The van der Waals surface area contributed by atoms with Gasteiger partial charge in [0, 0.05) is 13.6 Å². The van der Waals surface area contributed by atoms with E-state index in [1.54, 1.807) is 0 Å². The molecule has 1 amide bonds. The van der Waals surface area contributed by atoms with Crippen molar-refractivity contribution >= 4 is 29.8 Å². The fraction of sp³-hybridized carbons (Fsp3) is 0.688. The minimum absolute atomic E-state index is 0.466. The summed E-state index contributed by atoms with van der Waals surface area (Å²) in [5.41, 5.74) is -3.34. The molecule has 0 saturated carbocycles. The molecule has 1 heterocycles. The molecule has 1 saturated heterocycles. The SMILES string of the molecule is CN(CC(=O)N1C[C@H](O)[C@@H](O)[C@H](O)[C@H]1CO)C(=N)NC(C(=O)O)C(O)(CC(=O)O)C(=O)O. The van der Waals surface area contributed by atoms with Crippen molar-refractivity contribution in [2.24, 2.45) is 0 Å². The second-order valence-corrected chi connectivity index (χ2v) is 7.26. The molecule has 0 aromatic heterocycles. The normalized spacial score (nSPS) is 25.9. The topological polar surface area (TPSA) is 272 Å². The van der Waals surface area contributed by atoms with Gasteiger partial charge in [-0.3, -0.25) is 15.0 Å². The summed E-state index contributed by atoms with van der Waals surface area (Å²) in [6.07, 6.45) is -6.33. The van der Waals surface area contributed by atoms with E-state index in [1.807, 2.05) is 5.32 Å². The van der Waals surface area contributed by atoms with Crippen molar-refractivity contribution in [1.82, 2.24) is 15.1 Å². The number of aliphatic hydroxyl groups is 5. The number of aliphatic hydroxyl groups excluding tert-OH is 4. The first-order chi connectivity index (χ1) is 14.7. The molecule has 32 heavy (non-hydrogen) atoms. The van der Waals surface area contributed by atoms with Crippen molar-refractivity contribution < 1.29 is 60.0 Å². The molecule has 182 valence electrons. The number of β-amino-alcohol motifs (C(OH)–C–C–N with tert-alkyl or cyclic N) is 1. The maximum absolute atomic E-state index is 12.6. The van der Waals surface area contributed by atoms with Crippen LogP contribution in [0.4, 0.5) is 0 Å². The van der Waals surface area contributed by atoms with E-state index in [9.17, 15) is 49.8 Å². The highest BCUT2D eigenvalue weighted by molar-refractivity contribution is 5.95. The number of hydrogen-bond acceptors (Lipinski definition) is 10. The molecule has 1 aliphatic heterocycles. The Labute approximate surface area is 180 Å². The van der Waals surface area contributed by atoms with Gasteiger partial charge in [-0.05, 0) is 0 Å². The highest BCUT2D eigenvalue weighted by Crippen LogP contribution is 2.20. The van der Waals surface area contributed by atoms with Gasteiger partial charge < -0.3 is 56.0 Å². The van der Waals surface area contributed by atoms with Crippen molar-refractivity contribution in [2.45, 2.75) is 42.4 Å². The van der Waals surface area contributed by atoms with Gasteiger partial charge >= 0.3 is 17.9 Å². The van der Waals surface area contributed by atoms with E-state index in [-0.39, 0.29) is 0 Å². The third-order valence-corrected chi connectivity index (χ3v) is 4.98. The molecule has 0 aromatic carbocycles. The number of likely N-dealkylation sites (tertiary alicyclic amines) is 1. The Morgan fingerprint density at radius 3 is 2.16 bits per heavy atom. The summed E-state index contributed by atoms with van der Waals surface area (Å²) in [4.78, 5) is 47.9. The predicted molar refractivity (Wildman–Crippen MR) is 100 cm³/mol. The summed E-state index contributed by atoms with van der Waals surface area (Å²) < 4.78 is 0. The number of carboxylic acid groups (broad SMARTS) is 3. The Kier molecular flexibility index (Phi) is 8.86. The van der Waals surface area contributed by atoms with Crippen LogP contribution >= 0.6 is 0 Å². The molecule has 0 radical (unpaired) electrons. The van der Waals surface area contributed by atoms with Crippen LogP contribution in [0, 0.1) is 5.41 Å². The van der Waals surface area contributed by atoms with Gasteiger partial charge in [0.2, 0.25) is 11.5 Å². The average Bonchev–Trinajstić information content (AvgIpc) is 2.68. The number of likely N-dealkylation sites (N-methyl/N-ethyl adjacent to an activating group) is 1. The molecular formula is C16H26N4O12. The third-order valence-electron chi connectivity index (χ3n) is 4.98. The number of aliphatic carboxylic acids is 3. The van der Waals surface area contributed by atoms with Crippen LogP contribution in [0.1, 0.15) is 6.42 Å².